The van der Waals surface area contributed by atoms with E-state index < -0.39 is 11.5 Å². The number of benzene rings is 2. The van der Waals surface area contributed by atoms with Gasteiger partial charge in [0.25, 0.3) is 0 Å². The maximum atomic E-state index is 12.6. The molecule has 0 atom stereocenters. The van der Waals surface area contributed by atoms with Gasteiger partial charge < -0.3 is 15.3 Å². The van der Waals surface area contributed by atoms with Crippen LogP contribution in [0.3, 0.4) is 0 Å². The molecule has 0 aliphatic carbocycles. The minimum absolute atomic E-state index is 0.0353. The summed E-state index contributed by atoms with van der Waals surface area (Å²) in [5.74, 6) is -1.18. The third kappa shape index (κ3) is 2.95. The number of carbonyl (C=O) groups excluding carboxylic acids is 1. The van der Waals surface area contributed by atoms with Gasteiger partial charge in [0.05, 0.1) is 4.47 Å². The van der Waals surface area contributed by atoms with Crippen LogP contribution in [0.1, 0.15) is 21.5 Å². The number of phenolic OH excluding ortho intramolecular Hbond substituents is 3. The van der Waals surface area contributed by atoms with Crippen molar-refractivity contribution in [3.63, 3.8) is 0 Å². The van der Waals surface area contributed by atoms with Crippen LogP contribution >= 0.6 is 47.8 Å². The van der Waals surface area contributed by atoms with E-state index >= 15 is 0 Å². The fourth-order valence-electron chi connectivity index (χ4n) is 1.74. The van der Waals surface area contributed by atoms with E-state index in [1.165, 1.54) is 12.1 Å². The van der Waals surface area contributed by atoms with Crippen LogP contribution in [0, 0.1) is 6.92 Å². The molecule has 0 amide bonds. The van der Waals surface area contributed by atoms with E-state index in [2.05, 4.69) is 47.8 Å². The first-order valence-electron chi connectivity index (χ1n) is 5.67. The van der Waals surface area contributed by atoms with Crippen molar-refractivity contribution < 1.29 is 20.1 Å². The van der Waals surface area contributed by atoms with Gasteiger partial charge in [-0.15, -0.1) is 0 Å². The molecule has 110 valence electrons. The van der Waals surface area contributed by atoms with Crippen molar-refractivity contribution in [3.05, 3.63) is 48.3 Å². The number of halogens is 3. The highest BCUT2D eigenvalue weighted by atomic mass is 79.9. The Kier molecular flexibility index (Phi) is 4.65. The largest absolute Gasteiger partial charge is 0.506 e. The molecule has 0 aliphatic heterocycles. The van der Waals surface area contributed by atoms with Crippen LogP contribution in [0.5, 0.6) is 17.2 Å². The minimum atomic E-state index is -0.417. The highest BCUT2D eigenvalue weighted by Crippen LogP contribution is 2.39. The van der Waals surface area contributed by atoms with Crippen LogP contribution in [0.2, 0.25) is 0 Å². The molecule has 0 spiro atoms. The molecule has 0 aromatic heterocycles. The number of phenols is 3. The predicted octanol–water partition coefficient (Wildman–Crippen LogP) is 4.63. The minimum Gasteiger partial charge on any atom is -0.506 e. The van der Waals surface area contributed by atoms with Gasteiger partial charge in [-0.3, -0.25) is 4.79 Å². The van der Waals surface area contributed by atoms with Crippen molar-refractivity contribution in [2.45, 2.75) is 6.92 Å². The maximum Gasteiger partial charge on any atom is 0.195 e. The summed E-state index contributed by atoms with van der Waals surface area (Å²) < 4.78 is 1.20. The number of hydrogen-bond acceptors (Lipinski definition) is 4. The Balaban J connectivity index is 2.64. The van der Waals surface area contributed by atoms with Crippen LogP contribution in [0.4, 0.5) is 0 Å². The molecule has 0 radical (unpaired) electrons. The molecule has 0 heterocycles. The summed E-state index contributed by atoms with van der Waals surface area (Å²) in [5, 5.41) is 29.0. The van der Waals surface area contributed by atoms with Crippen LogP contribution in [0.15, 0.2) is 31.6 Å². The lowest BCUT2D eigenvalue weighted by Crippen LogP contribution is -2.04. The first kappa shape index (κ1) is 16.3. The van der Waals surface area contributed by atoms with Gasteiger partial charge in [-0.25, -0.2) is 0 Å². The van der Waals surface area contributed by atoms with Crippen LogP contribution in [-0.4, -0.2) is 21.1 Å². The van der Waals surface area contributed by atoms with E-state index in [-0.39, 0.29) is 27.1 Å². The number of rotatable bonds is 2. The van der Waals surface area contributed by atoms with E-state index in [1.807, 2.05) is 0 Å². The first-order chi connectivity index (χ1) is 9.73. The standard InChI is InChI=1S/C14H9Br3O4/c1-5-8(15)2-7(12(17)13(5)20)14(21)6-3-10(18)11(19)4-9(6)16/h2-4,18-20H,1H3. The van der Waals surface area contributed by atoms with E-state index in [0.29, 0.717) is 14.5 Å². The van der Waals surface area contributed by atoms with Gasteiger partial charge in [-0.05, 0) is 57.0 Å². The van der Waals surface area contributed by atoms with Crippen molar-refractivity contribution in [2.75, 3.05) is 0 Å². The lowest BCUT2D eigenvalue weighted by atomic mass is 10.0. The molecule has 0 saturated heterocycles. The average Bonchev–Trinajstić information content (AvgIpc) is 2.43. The molecule has 2 aromatic carbocycles. The summed E-state index contributed by atoms with van der Waals surface area (Å²) >= 11 is 9.66. The third-order valence-corrected chi connectivity index (χ3v) is 5.26. The highest BCUT2D eigenvalue weighted by Gasteiger charge is 2.21. The molecule has 21 heavy (non-hydrogen) atoms. The molecular formula is C14H9Br3O4. The van der Waals surface area contributed by atoms with Crippen molar-refractivity contribution in [2.24, 2.45) is 0 Å². The Hall–Kier alpha value is -1.05. The molecule has 4 nitrogen and oxygen atoms in total. The third-order valence-electron chi connectivity index (χ3n) is 2.98. The number of hydrogen-bond donors (Lipinski definition) is 3. The van der Waals surface area contributed by atoms with Crippen molar-refractivity contribution in [1.82, 2.24) is 0 Å². The van der Waals surface area contributed by atoms with Crippen LogP contribution in [0.25, 0.3) is 0 Å². The van der Waals surface area contributed by atoms with E-state index in [4.69, 9.17) is 0 Å². The monoisotopic (exact) mass is 478 g/mol. The molecule has 2 rings (SSSR count). The second-order valence-electron chi connectivity index (χ2n) is 4.34. The van der Waals surface area contributed by atoms with Gasteiger partial charge in [0.15, 0.2) is 17.3 Å². The smallest absolute Gasteiger partial charge is 0.195 e. The molecule has 0 fully saturated rings. The van der Waals surface area contributed by atoms with E-state index in [9.17, 15) is 20.1 Å². The van der Waals surface area contributed by atoms with Gasteiger partial charge in [-0.2, -0.15) is 0 Å². The molecule has 3 N–H and O–H groups in total. The van der Waals surface area contributed by atoms with Crippen molar-refractivity contribution >= 4 is 53.6 Å². The summed E-state index contributed by atoms with van der Waals surface area (Å²) in [6.07, 6.45) is 0. The Morgan fingerprint density at radius 2 is 1.48 bits per heavy atom. The molecule has 2 aromatic rings. The SMILES string of the molecule is Cc1c(Br)cc(C(=O)c2cc(O)c(O)cc2Br)c(Br)c1O. The Morgan fingerprint density at radius 1 is 0.905 bits per heavy atom. The van der Waals surface area contributed by atoms with Gasteiger partial charge in [-0.1, -0.05) is 15.9 Å². The summed E-state index contributed by atoms with van der Waals surface area (Å²) in [7, 11) is 0. The predicted molar refractivity (Wildman–Crippen MR) is 89.1 cm³/mol. The fraction of sp³-hybridized carbons (Fsp3) is 0.0714. The quantitative estimate of drug-likeness (QED) is 0.432. The Morgan fingerprint density at radius 3 is 2.10 bits per heavy atom. The lowest BCUT2D eigenvalue weighted by Gasteiger charge is -2.11. The Bertz CT molecular complexity index is 757. The van der Waals surface area contributed by atoms with Crippen molar-refractivity contribution in [1.29, 1.82) is 0 Å². The van der Waals surface area contributed by atoms with Gasteiger partial charge in [0, 0.05) is 25.6 Å². The topological polar surface area (TPSA) is 77.8 Å². The van der Waals surface area contributed by atoms with E-state index in [0.717, 1.165) is 0 Å². The highest BCUT2D eigenvalue weighted by molar-refractivity contribution is 9.11. The average molecular weight is 481 g/mol. The van der Waals surface area contributed by atoms with E-state index in [1.54, 1.807) is 13.0 Å². The normalized spacial score (nSPS) is 10.7. The van der Waals surface area contributed by atoms with Crippen LogP contribution in [-0.2, 0) is 0 Å². The molecular weight excluding hydrogens is 472 g/mol. The number of aromatic hydroxyl groups is 3. The summed E-state index contributed by atoms with van der Waals surface area (Å²) in [5.41, 5.74) is 1.00. The fourth-order valence-corrected chi connectivity index (χ4v) is 3.26. The number of carbonyl (C=O) groups is 1. The zero-order chi connectivity index (χ0) is 15.9. The van der Waals surface area contributed by atoms with Crippen LogP contribution < -0.4 is 0 Å². The summed E-state index contributed by atoms with van der Waals surface area (Å²) in [6.45, 7) is 1.71. The second kappa shape index (κ2) is 5.98. The first-order valence-corrected chi connectivity index (χ1v) is 8.05. The molecule has 7 heteroatoms. The second-order valence-corrected chi connectivity index (χ2v) is 6.85. The van der Waals surface area contributed by atoms with Crippen molar-refractivity contribution in [3.8, 4) is 17.2 Å². The molecule has 0 bridgehead atoms. The van der Waals surface area contributed by atoms with Gasteiger partial charge in [0.2, 0.25) is 0 Å². The Labute approximate surface area is 145 Å². The zero-order valence-electron chi connectivity index (χ0n) is 10.6. The lowest BCUT2D eigenvalue weighted by molar-refractivity contribution is 0.103. The zero-order valence-corrected chi connectivity index (χ0v) is 15.4. The summed E-state index contributed by atoms with van der Waals surface area (Å²) in [6, 6.07) is 3.98. The molecule has 0 unspecified atom stereocenters. The van der Waals surface area contributed by atoms with Gasteiger partial charge in [0.1, 0.15) is 5.75 Å². The van der Waals surface area contributed by atoms with Gasteiger partial charge >= 0.3 is 0 Å². The maximum absolute atomic E-state index is 12.6. The molecule has 0 saturated carbocycles. The summed E-state index contributed by atoms with van der Waals surface area (Å²) in [4.78, 5) is 12.6. The number of ketones is 1. The molecule has 0 aliphatic rings.